The Labute approximate surface area is 165 Å². The van der Waals surface area contributed by atoms with E-state index in [-0.39, 0.29) is 28.9 Å². The minimum absolute atomic E-state index is 0.0203. The van der Waals surface area contributed by atoms with E-state index in [4.69, 9.17) is 0 Å². The average Bonchev–Trinajstić information content (AvgIpc) is 3.08. The summed E-state index contributed by atoms with van der Waals surface area (Å²) < 4.78 is 28.2. The molecular formula is C21H17F2N3OS. The second-order valence-corrected chi connectivity index (χ2v) is 8.13. The van der Waals surface area contributed by atoms with Gasteiger partial charge in [-0.3, -0.25) is 4.79 Å². The summed E-state index contributed by atoms with van der Waals surface area (Å²) in [6.45, 7) is 1.40. The predicted octanol–water partition coefficient (Wildman–Crippen LogP) is 4.55. The van der Waals surface area contributed by atoms with Gasteiger partial charge >= 0.3 is 0 Å². The van der Waals surface area contributed by atoms with Gasteiger partial charge in [0.05, 0.1) is 6.07 Å². The Morgan fingerprint density at radius 2 is 2.14 bits per heavy atom. The van der Waals surface area contributed by atoms with Crippen LogP contribution in [0.5, 0.6) is 0 Å². The van der Waals surface area contributed by atoms with Crippen LogP contribution in [0.2, 0.25) is 0 Å². The second-order valence-electron chi connectivity index (χ2n) is 6.91. The average molecular weight is 397 g/mol. The summed E-state index contributed by atoms with van der Waals surface area (Å²) in [5.74, 6) is -1.67. The number of hydrogen-bond donors (Lipinski definition) is 0. The zero-order chi connectivity index (χ0) is 19.9. The fourth-order valence-corrected chi connectivity index (χ4v) is 5.68. The van der Waals surface area contributed by atoms with Gasteiger partial charge in [-0.15, -0.1) is 0 Å². The molecule has 2 aromatic carbocycles. The first kappa shape index (κ1) is 18.6. The molecule has 4 nitrogen and oxygen atoms in total. The number of halogens is 2. The highest BCUT2D eigenvalue weighted by molar-refractivity contribution is 8.15. The van der Waals surface area contributed by atoms with E-state index in [0.29, 0.717) is 6.42 Å². The predicted molar refractivity (Wildman–Crippen MR) is 103 cm³/mol. The summed E-state index contributed by atoms with van der Waals surface area (Å²) in [7, 11) is 0. The minimum atomic E-state index is -0.940. The highest BCUT2D eigenvalue weighted by atomic mass is 32.2. The highest BCUT2D eigenvalue weighted by Crippen LogP contribution is 2.57. The summed E-state index contributed by atoms with van der Waals surface area (Å²) >= 11 is 1.23. The van der Waals surface area contributed by atoms with Crippen molar-refractivity contribution in [3.05, 3.63) is 70.8 Å². The molecule has 7 heteroatoms. The van der Waals surface area contributed by atoms with Gasteiger partial charge in [-0.05, 0) is 42.2 Å². The van der Waals surface area contributed by atoms with Crippen LogP contribution < -0.4 is 0 Å². The van der Waals surface area contributed by atoms with E-state index >= 15 is 0 Å². The van der Waals surface area contributed by atoms with Crippen molar-refractivity contribution in [2.75, 3.05) is 0 Å². The number of hydrogen-bond acceptors (Lipinski definition) is 4. The van der Waals surface area contributed by atoms with Gasteiger partial charge in [-0.25, -0.2) is 13.8 Å². The van der Waals surface area contributed by atoms with Gasteiger partial charge in [-0.1, -0.05) is 36.0 Å². The molecule has 2 aliphatic rings. The minimum Gasteiger partial charge on any atom is -0.273 e. The molecule has 28 heavy (non-hydrogen) atoms. The van der Waals surface area contributed by atoms with Crippen molar-refractivity contribution in [2.45, 2.75) is 31.1 Å². The standard InChI is InChI=1S/C21H17F2N3OS/c1-13(27)26-21(28-20(25-26)17-12-16(22)8-9-19(17)23)15(10-11-24)7-6-14-4-2-3-5-18(14)21/h2-5,8-9,12,15H,6-7,10H2,1H3/t15-,21-/m0/s1. The molecule has 142 valence electrons. The van der Waals surface area contributed by atoms with Gasteiger partial charge in [0, 0.05) is 24.8 Å². The first-order valence-corrected chi connectivity index (χ1v) is 9.78. The number of benzene rings is 2. The Balaban J connectivity index is 1.91. The van der Waals surface area contributed by atoms with Crippen molar-refractivity contribution in [3.63, 3.8) is 0 Å². The van der Waals surface area contributed by atoms with Crippen LogP contribution in [-0.4, -0.2) is 16.0 Å². The first-order valence-electron chi connectivity index (χ1n) is 8.96. The Morgan fingerprint density at radius 1 is 1.36 bits per heavy atom. The number of fused-ring (bicyclic) bond motifs is 2. The summed E-state index contributed by atoms with van der Waals surface area (Å²) in [6.07, 6.45) is 1.73. The number of amides is 1. The fraction of sp³-hybridized carbons (Fsp3) is 0.286. The van der Waals surface area contributed by atoms with Gasteiger partial charge in [0.1, 0.15) is 21.5 Å². The van der Waals surface area contributed by atoms with E-state index in [0.717, 1.165) is 35.7 Å². The lowest BCUT2D eigenvalue weighted by Crippen LogP contribution is -2.48. The molecule has 0 aromatic heterocycles. The Morgan fingerprint density at radius 3 is 2.89 bits per heavy atom. The first-order chi connectivity index (χ1) is 13.5. The molecule has 0 saturated carbocycles. The molecule has 1 amide bonds. The molecule has 1 aliphatic carbocycles. The van der Waals surface area contributed by atoms with Gasteiger partial charge in [0.2, 0.25) is 5.91 Å². The van der Waals surface area contributed by atoms with Crippen molar-refractivity contribution >= 4 is 22.7 Å². The molecule has 1 heterocycles. The number of nitriles is 1. The maximum Gasteiger partial charge on any atom is 0.241 e. The van der Waals surface area contributed by atoms with E-state index in [9.17, 15) is 18.8 Å². The summed E-state index contributed by atoms with van der Waals surface area (Å²) in [6, 6.07) is 13.2. The molecule has 0 N–H and O–H groups in total. The third-order valence-corrected chi connectivity index (χ3v) is 6.80. The van der Waals surface area contributed by atoms with Crippen LogP contribution in [0, 0.1) is 28.9 Å². The van der Waals surface area contributed by atoms with Crippen LogP contribution in [0.4, 0.5) is 8.78 Å². The van der Waals surface area contributed by atoms with Gasteiger partial charge in [0.15, 0.2) is 0 Å². The van der Waals surface area contributed by atoms with E-state index < -0.39 is 16.5 Å². The molecule has 0 fully saturated rings. The lowest BCUT2D eigenvalue weighted by molar-refractivity contribution is -0.134. The van der Waals surface area contributed by atoms with Crippen LogP contribution in [0.3, 0.4) is 0 Å². The smallest absolute Gasteiger partial charge is 0.241 e. The molecule has 0 unspecified atom stereocenters. The molecule has 0 radical (unpaired) electrons. The van der Waals surface area contributed by atoms with E-state index in [1.807, 2.05) is 24.3 Å². The number of carbonyl (C=O) groups excluding carboxylic acids is 1. The van der Waals surface area contributed by atoms with Crippen LogP contribution >= 0.6 is 11.8 Å². The number of rotatable bonds is 2. The van der Waals surface area contributed by atoms with Gasteiger partial charge in [-0.2, -0.15) is 10.4 Å². The van der Waals surface area contributed by atoms with E-state index in [1.54, 1.807) is 0 Å². The van der Waals surface area contributed by atoms with Crippen LogP contribution in [0.25, 0.3) is 0 Å². The number of carbonyl (C=O) groups is 1. The van der Waals surface area contributed by atoms with Crippen LogP contribution in [0.15, 0.2) is 47.6 Å². The topological polar surface area (TPSA) is 56.5 Å². The Hall–Kier alpha value is -2.72. The molecule has 0 saturated heterocycles. The van der Waals surface area contributed by atoms with E-state index in [1.165, 1.54) is 23.7 Å². The van der Waals surface area contributed by atoms with Crippen LogP contribution in [0.1, 0.15) is 36.5 Å². The quantitative estimate of drug-likeness (QED) is 0.747. The second kappa shape index (κ2) is 7.02. The molecule has 0 bridgehead atoms. The van der Waals surface area contributed by atoms with Crippen LogP contribution in [-0.2, 0) is 16.1 Å². The molecule has 2 aromatic rings. The molecular weight excluding hydrogens is 380 g/mol. The zero-order valence-electron chi connectivity index (χ0n) is 15.2. The van der Waals surface area contributed by atoms with Crippen molar-refractivity contribution < 1.29 is 13.6 Å². The Kier molecular flexibility index (Phi) is 4.68. The molecule has 1 spiro atoms. The number of thioether (sulfide) groups is 1. The highest BCUT2D eigenvalue weighted by Gasteiger charge is 2.55. The van der Waals surface area contributed by atoms with E-state index in [2.05, 4.69) is 11.2 Å². The van der Waals surface area contributed by atoms with Gasteiger partial charge in [0.25, 0.3) is 0 Å². The number of aryl methyl sites for hydroxylation is 1. The molecule has 2 atom stereocenters. The van der Waals surface area contributed by atoms with Crippen molar-refractivity contribution in [1.29, 1.82) is 5.26 Å². The lowest BCUT2D eigenvalue weighted by Gasteiger charge is -2.45. The lowest BCUT2D eigenvalue weighted by atomic mass is 9.77. The SMILES string of the molecule is CC(=O)N1N=C(c2cc(F)ccc2F)S[C@@]12c1ccccc1CC[C@H]2CC#N. The largest absolute Gasteiger partial charge is 0.273 e. The summed E-state index contributed by atoms with van der Waals surface area (Å²) in [5, 5.41) is 15.4. The fourth-order valence-electron chi connectivity index (χ4n) is 4.06. The van der Waals surface area contributed by atoms with Gasteiger partial charge < -0.3 is 0 Å². The van der Waals surface area contributed by atoms with Crippen molar-refractivity contribution in [2.24, 2.45) is 11.0 Å². The Bertz CT molecular complexity index is 1030. The third kappa shape index (κ3) is 2.80. The summed E-state index contributed by atoms with van der Waals surface area (Å²) in [5.41, 5.74) is 2.00. The van der Waals surface area contributed by atoms with Crippen molar-refractivity contribution in [3.8, 4) is 6.07 Å². The monoisotopic (exact) mass is 397 g/mol. The zero-order valence-corrected chi connectivity index (χ0v) is 16.0. The molecule has 4 rings (SSSR count). The number of nitrogens with zero attached hydrogens (tertiary/aromatic N) is 3. The maximum atomic E-state index is 14.4. The molecule has 1 aliphatic heterocycles. The van der Waals surface area contributed by atoms with Crippen molar-refractivity contribution in [1.82, 2.24) is 5.01 Å². The number of hydrazone groups is 1. The maximum absolute atomic E-state index is 14.4. The normalized spacial score (nSPS) is 23.3. The summed E-state index contributed by atoms with van der Waals surface area (Å²) in [4.78, 5) is 11.6. The third-order valence-electron chi connectivity index (χ3n) is 5.27.